The van der Waals surface area contributed by atoms with Gasteiger partial charge in [0.05, 0.1) is 0 Å². The standard InChI is InChI=1S/C13H24F3N/c1-10(5-4-7-13(14,15)16)17-11-6-8-12(2,3)9-11/h10-11,17H,4-9H2,1-3H3. The lowest BCUT2D eigenvalue weighted by molar-refractivity contribution is -0.135. The molecule has 0 spiro atoms. The third kappa shape index (κ3) is 6.29. The van der Waals surface area contributed by atoms with Crippen LogP contribution in [0.5, 0.6) is 0 Å². The minimum atomic E-state index is -4.00. The molecule has 0 saturated heterocycles. The van der Waals surface area contributed by atoms with Gasteiger partial charge in [0.1, 0.15) is 0 Å². The lowest BCUT2D eigenvalue weighted by Gasteiger charge is -2.21. The van der Waals surface area contributed by atoms with Crippen LogP contribution in [0.2, 0.25) is 0 Å². The second kappa shape index (κ2) is 5.59. The highest BCUT2D eigenvalue weighted by Crippen LogP contribution is 2.37. The molecular formula is C13H24F3N. The number of alkyl halides is 3. The topological polar surface area (TPSA) is 12.0 Å². The van der Waals surface area contributed by atoms with Gasteiger partial charge in [-0.3, -0.25) is 0 Å². The first-order valence-electron chi connectivity index (χ1n) is 6.51. The molecule has 0 aromatic rings. The molecule has 2 unspecified atom stereocenters. The summed E-state index contributed by atoms with van der Waals surface area (Å²) in [6, 6.07) is 0.683. The van der Waals surface area contributed by atoms with Gasteiger partial charge in [0.15, 0.2) is 0 Å². The molecule has 1 N–H and O–H groups in total. The largest absolute Gasteiger partial charge is 0.389 e. The minimum Gasteiger partial charge on any atom is -0.311 e. The summed E-state index contributed by atoms with van der Waals surface area (Å²) in [7, 11) is 0. The molecule has 1 aliphatic rings. The lowest BCUT2D eigenvalue weighted by Crippen LogP contribution is -2.35. The van der Waals surface area contributed by atoms with E-state index in [0.29, 0.717) is 17.9 Å². The van der Waals surface area contributed by atoms with E-state index >= 15 is 0 Å². The molecule has 0 radical (unpaired) electrons. The molecule has 17 heavy (non-hydrogen) atoms. The fourth-order valence-electron chi connectivity index (χ4n) is 2.67. The maximum atomic E-state index is 12.0. The quantitative estimate of drug-likeness (QED) is 0.769. The zero-order valence-electron chi connectivity index (χ0n) is 11.0. The lowest BCUT2D eigenvalue weighted by atomic mass is 9.92. The second-order valence-electron chi connectivity index (χ2n) is 6.18. The Hall–Kier alpha value is -0.250. The monoisotopic (exact) mass is 251 g/mol. The van der Waals surface area contributed by atoms with Crippen LogP contribution in [0.25, 0.3) is 0 Å². The van der Waals surface area contributed by atoms with Crippen LogP contribution < -0.4 is 5.32 Å². The Morgan fingerprint density at radius 3 is 2.47 bits per heavy atom. The van der Waals surface area contributed by atoms with E-state index in [9.17, 15) is 13.2 Å². The van der Waals surface area contributed by atoms with E-state index in [1.807, 2.05) is 6.92 Å². The van der Waals surface area contributed by atoms with Crippen LogP contribution in [0.15, 0.2) is 0 Å². The highest BCUT2D eigenvalue weighted by molar-refractivity contribution is 4.87. The van der Waals surface area contributed by atoms with Crippen LogP contribution >= 0.6 is 0 Å². The first-order valence-corrected chi connectivity index (χ1v) is 6.51. The Labute approximate surface area is 102 Å². The molecule has 0 aliphatic heterocycles. The summed E-state index contributed by atoms with van der Waals surface area (Å²) in [5.74, 6) is 0. The molecule has 0 aromatic carbocycles. The molecule has 102 valence electrons. The molecule has 1 nitrogen and oxygen atoms in total. The minimum absolute atomic E-state index is 0.191. The molecule has 2 atom stereocenters. The van der Waals surface area contributed by atoms with Crippen molar-refractivity contribution in [2.45, 2.75) is 77.6 Å². The van der Waals surface area contributed by atoms with Crippen molar-refractivity contribution in [3.05, 3.63) is 0 Å². The fraction of sp³-hybridized carbons (Fsp3) is 1.00. The van der Waals surface area contributed by atoms with E-state index in [-0.39, 0.29) is 12.5 Å². The summed E-state index contributed by atoms with van der Waals surface area (Å²) in [5.41, 5.74) is 0.392. The van der Waals surface area contributed by atoms with Crippen molar-refractivity contribution in [1.82, 2.24) is 5.32 Å². The maximum Gasteiger partial charge on any atom is 0.389 e. The molecule has 1 saturated carbocycles. The van der Waals surface area contributed by atoms with Crippen molar-refractivity contribution in [2.24, 2.45) is 5.41 Å². The van der Waals surface area contributed by atoms with Gasteiger partial charge in [-0.25, -0.2) is 0 Å². The van der Waals surface area contributed by atoms with Crippen LogP contribution in [0.3, 0.4) is 0 Å². The summed E-state index contributed by atoms with van der Waals surface area (Å²) >= 11 is 0. The van der Waals surface area contributed by atoms with Gasteiger partial charge in [0.2, 0.25) is 0 Å². The third-order valence-corrected chi connectivity index (χ3v) is 3.59. The highest BCUT2D eigenvalue weighted by Gasteiger charge is 2.31. The molecule has 0 aromatic heterocycles. The van der Waals surface area contributed by atoms with Gasteiger partial charge in [-0.2, -0.15) is 13.2 Å². The Bertz CT molecular complexity index is 235. The van der Waals surface area contributed by atoms with E-state index in [0.717, 1.165) is 12.8 Å². The molecule has 0 heterocycles. The van der Waals surface area contributed by atoms with Crippen LogP contribution in [0.1, 0.15) is 59.3 Å². The number of nitrogens with one attached hydrogen (secondary N) is 1. The summed E-state index contributed by atoms with van der Waals surface area (Å²) < 4.78 is 36.0. The second-order valence-corrected chi connectivity index (χ2v) is 6.18. The van der Waals surface area contributed by atoms with Gasteiger partial charge >= 0.3 is 6.18 Å². The van der Waals surface area contributed by atoms with Gasteiger partial charge in [-0.1, -0.05) is 13.8 Å². The van der Waals surface area contributed by atoms with Crippen molar-refractivity contribution in [1.29, 1.82) is 0 Å². The van der Waals surface area contributed by atoms with Gasteiger partial charge < -0.3 is 5.32 Å². The fourth-order valence-corrected chi connectivity index (χ4v) is 2.67. The van der Waals surface area contributed by atoms with Crippen LogP contribution in [0.4, 0.5) is 13.2 Å². The number of hydrogen-bond donors (Lipinski definition) is 1. The zero-order valence-corrected chi connectivity index (χ0v) is 11.0. The SMILES string of the molecule is CC(CCCC(F)(F)F)NC1CCC(C)(C)C1. The first-order chi connectivity index (χ1) is 7.68. The Morgan fingerprint density at radius 1 is 1.35 bits per heavy atom. The molecule has 1 rings (SSSR count). The zero-order chi connectivity index (χ0) is 13.1. The normalized spacial score (nSPS) is 26.1. The highest BCUT2D eigenvalue weighted by atomic mass is 19.4. The van der Waals surface area contributed by atoms with Crippen LogP contribution in [-0.4, -0.2) is 18.3 Å². The Kier molecular flexibility index (Phi) is 4.87. The van der Waals surface area contributed by atoms with E-state index in [2.05, 4.69) is 19.2 Å². The summed E-state index contributed by atoms with van der Waals surface area (Å²) in [6.45, 7) is 6.49. The molecule has 0 amide bonds. The average Bonchev–Trinajstić information content (AvgIpc) is 2.42. The van der Waals surface area contributed by atoms with Crippen molar-refractivity contribution in [2.75, 3.05) is 0 Å². The van der Waals surface area contributed by atoms with Crippen LogP contribution in [0, 0.1) is 5.41 Å². The summed E-state index contributed by atoms with van der Waals surface area (Å²) in [5, 5.41) is 3.45. The van der Waals surface area contributed by atoms with E-state index in [4.69, 9.17) is 0 Å². The van der Waals surface area contributed by atoms with Crippen molar-refractivity contribution in [3.8, 4) is 0 Å². The molecule has 1 fully saturated rings. The third-order valence-electron chi connectivity index (χ3n) is 3.59. The summed E-state index contributed by atoms with van der Waals surface area (Å²) in [6.07, 6.45) is -0.332. The first kappa shape index (κ1) is 14.8. The van der Waals surface area contributed by atoms with E-state index < -0.39 is 12.6 Å². The Balaban J connectivity index is 2.16. The molecular weight excluding hydrogens is 227 g/mol. The predicted molar refractivity (Wildman–Crippen MR) is 63.9 cm³/mol. The van der Waals surface area contributed by atoms with Gasteiger partial charge in [0, 0.05) is 18.5 Å². The van der Waals surface area contributed by atoms with Crippen molar-refractivity contribution >= 4 is 0 Å². The summed E-state index contributed by atoms with van der Waals surface area (Å²) in [4.78, 5) is 0. The number of rotatable bonds is 5. The maximum absolute atomic E-state index is 12.0. The molecule has 4 heteroatoms. The van der Waals surface area contributed by atoms with Gasteiger partial charge in [0.25, 0.3) is 0 Å². The van der Waals surface area contributed by atoms with Crippen LogP contribution in [-0.2, 0) is 0 Å². The molecule has 0 bridgehead atoms. The van der Waals surface area contributed by atoms with Gasteiger partial charge in [-0.15, -0.1) is 0 Å². The molecule has 1 aliphatic carbocycles. The van der Waals surface area contributed by atoms with Crippen molar-refractivity contribution < 1.29 is 13.2 Å². The van der Waals surface area contributed by atoms with E-state index in [1.54, 1.807) is 0 Å². The van der Waals surface area contributed by atoms with E-state index in [1.165, 1.54) is 6.42 Å². The average molecular weight is 251 g/mol. The number of halogens is 3. The van der Waals surface area contributed by atoms with Crippen molar-refractivity contribution in [3.63, 3.8) is 0 Å². The Morgan fingerprint density at radius 2 is 2.00 bits per heavy atom. The smallest absolute Gasteiger partial charge is 0.311 e. The predicted octanol–water partition coefficient (Wildman–Crippen LogP) is 4.28. The number of hydrogen-bond acceptors (Lipinski definition) is 1. The van der Waals surface area contributed by atoms with Gasteiger partial charge in [-0.05, 0) is 44.4 Å².